The van der Waals surface area contributed by atoms with Gasteiger partial charge in [-0.15, -0.1) is 0 Å². The fourth-order valence-electron chi connectivity index (χ4n) is 3.19. The molecule has 7 heteroatoms. The Labute approximate surface area is 180 Å². The van der Waals surface area contributed by atoms with E-state index in [2.05, 4.69) is 46.9 Å². The minimum atomic E-state index is 0.654. The Balaban J connectivity index is 2.12. The second-order valence-electron chi connectivity index (χ2n) is 7.18. The zero-order valence-electron chi connectivity index (χ0n) is 17.6. The lowest BCUT2D eigenvalue weighted by atomic mass is 10.1. The van der Waals surface area contributed by atoms with E-state index in [0.29, 0.717) is 17.3 Å². The quantitative estimate of drug-likeness (QED) is 0.496. The monoisotopic (exact) mass is 458 g/mol. The molecule has 6 nitrogen and oxygen atoms in total. The van der Waals surface area contributed by atoms with Crippen LogP contribution >= 0.6 is 15.9 Å². The Kier molecular flexibility index (Phi) is 6.92. The standard InChI is InChI=1S/C22H27BrN4O2/c1-26(2)11-6-12-27(3)22-17-13-19(28-4)20(29-5)14-18(17)24-21(25-22)15-7-9-16(23)10-8-15/h7-10,13-14H,6,11-12H2,1-5H3. The fraction of sp³-hybridized carbons (Fsp3) is 0.364. The van der Waals surface area contributed by atoms with E-state index in [-0.39, 0.29) is 0 Å². The second-order valence-corrected chi connectivity index (χ2v) is 8.10. The molecule has 3 rings (SSSR count). The normalized spacial score (nSPS) is 11.1. The third-order valence-corrected chi connectivity index (χ3v) is 5.27. The van der Waals surface area contributed by atoms with Crippen LogP contribution in [0.5, 0.6) is 11.5 Å². The van der Waals surface area contributed by atoms with Gasteiger partial charge in [0.1, 0.15) is 5.82 Å². The van der Waals surface area contributed by atoms with Crippen molar-refractivity contribution in [2.45, 2.75) is 6.42 Å². The molecule has 0 radical (unpaired) electrons. The number of nitrogens with zero attached hydrogens (tertiary/aromatic N) is 4. The minimum absolute atomic E-state index is 0.654. The number of anilines is 1. The van der Waals surface area contributed by atoms with Crippen LogP contribution in [0.1, 0.15) is 6.42 Å². The maximum atomic E-state index is 5.51. The number of benzene rings is 2. The van der Waals surface area contributed by atoms with E-state index in [4.69, 9.17) is 19.4 Å². The van der Waals surface area contributed by atoms with E-state index >= 15 is 0 Å². The van der Waals surface area contributed by atoms with Gasteiger partial charge in [-0.05, 0) is 45.3 Å². The van der Waals surface area contributed by atoms with Crippen LogP contribution in [-0.2, 0) is 0 Å². The van der Waals surface area contributed by atoms with Gasteiger partial charge in [0.15, 0.2) is 17.3 Å². The number of fused-ring (bicyclic) bond motifs is 1. The maximum Gasteiger partial charge on any atom is 0.162 e. The van der Waals surface area contributed by atoms with E-state index in [9.17, 15) is 0 Å². The minimum Gasteiger partial charge on any atom is -0.493 e. The molecule has 0 atom stereocenters. The van der Waals surface area contributed by atoms with E-state index in [1.807, 2.05) is 36.4 Å². The molecule has 0 spiro atoms. The van der Waals surface area contributed by atoms with Crippen molar-refractivity contribution in [3.63, 3.8) is 0 Å². The Bertz CT molecular complexity index is 977. The molecule has 0 N–H and O–H groups in total. The molecule has 3 aromatic rings. The lowest BCUT2D eigenvalue weighted by Gasteiger charge is -2.22. The summed E-state index contributed by atoms with van der Waals surface area (Å²) in [5.74, 6) is 2.89. The van der Waals surface area contributed by atoms with Gasteiger partial charge in [0.05, 0.1) is 19.7 Å². The highest BCUT2D eigenvalue weighted by Gasteiger charge is 2.16. The number of rotatable bonds is 8. The summed E-state index contributed by atoms with van der Waals surface area (Å²) < 4.78 is 12.0. The summed E-state index contributed by atoms with van der Waals surface area (Å²) >= 11 is 3.49. The zero-order valence-corrected chi connectivity index (χ0v) is 19.2. The van der Waals surface area contributed by atoms with Crippen molar-refractivity contribution in [1.29, 1.82) is 0 Å². The van der Waals surface area contributed by atoms with Crippen molar-refractivity contribution in [2.24, 2.45) is 0 Å². The van der Waals surface area contributed by atoms with Crippen molar-refractivity contribution >= 4 is 32.7 Å². The highest BCUT2D eigenvalue weighted by molar-refractivity contribution is 9.10. The first-order chi connectivity index (χ1) is 13.9. The van der Waals surface area contributed by atoms with Gasteiger partial charge >= 0.3 is 0 Å². The molecule has 0 aliphatic rings. The number of halogens is 1. The molecule has 1 heterocycles. The predicted molar refractivity (Wildman–Crippen MR) is 122 cm³/mol. The van der Waals surface area contributed by atoms with Crippen LogP contribution in [-0.4, -0.2) is 63.3 Å². The molecule has 0 aliphatic heterocycles. The van der Waals surface area contributed by atoms with E-state index in [1.165, 1.54) is 0 Å². The third-order valence-electron chi connectivity index (χ3n) is 4.74. The molecule has 0 saturated heterocycles. The van der Waals surface area contributed by atoms with Crippen molar-refractivity contribution in [3.8, 4) is 22.9 Å². The third kappa shape index (κ3) is 4.97. The van der Waals surface area contributed by atoms with Gasteiger partial charge < -0.3 is 19.3 Å². The molecule has 2 aromatic carbocycles. The van der Waals surface area contributed by atoms with Crippen molar-refractivity contribution in [2.75, 3.05) is 53.4 Å². The fourth-order valence-corrected chi connectivity index (χ4v) is 3.45. The Hall–Kier alpha value is -2.38. The van der Waals surface area contributed by atoms with E-state index in [1.54, 1.807) is 14.2 Å². The number of methoxy groups -OCH3 is 2. The molecule has 0 amide bonds. The van der Waals surface area contributed by atoms with Crippen LogP contribution in [0.15, 0.2) is 40.9 Å². The van der Waals surface area contributed by atoms with Crippen LogP contribution in [0.25, 0.3) is 22.3 Å². The Morgan fingerprint density at radius 1 is 0.897 bits per heavy atom. The van der Waals surface area contributed by atoms with Gasteiger partial charge in [0.25, 0.3) is 0 Å². The Morgan fingerprint density at radius 3 is 2.17 bits per heavy atom. The van der Waals surface area contributed by atoms with Crippen molar-refractivity contribution in [1.82, 2.24) is 14.9 Å². The maximum absolute atomic E-state index is 5.51. The van der Waals surface area contributed by atoms with Crippen molar-refractivity contribution < 1.29 is 9.47 Å². The van der Waals surface area contributed by atoms with Gasteiger partial charge in [0.2, 0.25) is 0 Å². The Morgan fingerprint density at radius 2 is 1.55 bits per heavy atom. The molecule has 0 saturated carbocycles. The SMILES string of the molecule is COc1cc2nc(-c3ccc(Br)cc3)nc(N(C)CCCN(C)C)c2cc1OC. The summed E-state index contributed by atoms with van der Waals surface area (Å²) in [6, 6.07) is 11.9. The van der Waals surface area contributed by atoms with Crippen LogP contribution in [0.3, 0.4) is 0 Å². The van der Waals surface area contributed by atoms with Crippen LogP contribution in [0, 0.1) is 0 Å². The molecule has 0 aliphatic carbocycles. The molecular formula is C22H27BrN4O2. The molecule has 1 aromatic heterocycles. The van der Waals surface area contributed by atoms with E-state index < -0.39 is 0 Å². The number of hydrogen-bond acceptors (Lipinski definition) is 6. The van der Waals surface area contributed by atoms with Crippen LogP contribution in [0.4, 0.5) is 5.82 Å². The highest BCUT2D eigenvalue weighted by atomic mass is 79.9. The summed E-state index contributed by atoms with van der Waals surface area (Å²) in [5, 5.41) is 0.941. The first-order valence-corrected chi connectivity index (χ1v) is 10.3. The molecule has 0 unspecified atom stereocenters. The van der Waals surface area contributed by atoms with E-state index in [0.717, 1.165) is 46.3 Å². The summed E-state index contributed by atoms with van der Waals surface area (Å²) in [6.07, 6.45) is 1.04. The van der Waals surface area contributed by atoms with Gasteiger partial charge in [-0.3, -0.25) is 0 Å². The lowest BCUT2D eigenvalue weighted by Crippen LogP contribution is -2.24. The lowest BCUT2D eigenvalue weighted by molar-refractivity contribution is 0.356. The predicted octanol–water partition coefficient (Wildman–Crippen LogP) is 4.46. The average Bonchev–Trinajstić information content (AvgIpc) is 2.72. The van der Waals surface area contributed by atoms with Crippen molar-refractivity contribution in [3.05, 3.63) is 40.9 Å². The first-order valence-electron chi connectivity index (χ1n) is 9.48. The molecule has 0 bridgehead atoms. The van der Waals surface area contributed by atoms with Gasteiger partial charge in [-0.25, -0.2) is 9.97 Å². The molecule has 154 valence electrons. The molecule has 0 fully saturated rings. The van der Waals surface area contributed by atoms with Gasteiger partial charge in [-0.1, -0.05) is 28.1 Å². The highest BCUT2D eigenvalue weighted by Crippen LogP contribution is 2.36. The van der Waals surface area contributed by atoms with Crippen LogP contribution in [0.2, 0.25) is 0 Å². The number of aromatic nitrogens is 2. The smallest absolute Gasteiger partial charge is 0.162 e. The number of hydrogen-bond donors (Lipinski definition) is 0. The topological polar surface area (TPSA) is 50.7 Å². The summed E-state index contributed by atoms with van der Waals surface area (Å²) in [5.41, 5.74) is 1.79. The average molecular weight is 459 g/mol. The summed E-state index contributed by atoms with van der Waals surface area (Å²) in [7, 11) is 9.52. The molecule has 29 heavy (non-hydrogen) atoms. The summed E-state index contributed by atoms with van der Waals surface area (Å²) in [4.78, 5) is 14.1. The molecular weight excluding hydrogens is 432 g/mol. The van der Waals surface area contributed by atoms with Gasteiger partial charge in [0, 0.05) is 35.1 Å². The van der Waals surface area contributed by atoms with Crippen LogP contribution < -0.4 is 14.4 Å². The van der Waals surface area contributed by atoms with Gasteiger partial charge in [-0.2, -0.15) is 0 Å². The second kappa shape index (κ2) is 9.41. The number of ether oxygens (including phenoxy) is 2. The largest absolute Gasteiger partial charge is 0.493 e. The first kappa shape index (κ1) is 21.3. The summed E-state index contributed by atoms with van der Waals surface area (Å²) in [6.45, 7) is 1.91. The zero-order chi connectivity index (χ0) is 21.0.